The minimum atomic E-state index is -0.284. The lowest BCUT2D eigenvalue weighted by Crippen LogP contribution is -2.38. The Labute approximate surface area is 100 Å². The molecule has 1 fully saturated rings. The molecule has 0 bridgehead atoms. The van der Waals surface area contributed by atoms with Gasteiger partial charge in [0, 0.05) is 25.7 Å². The number of hydrogen-bond acceptors (Lipinski definition) is 4. The van der Waals surface area contributed by atoms with Crippen LogP contribution in [0.1, 0.15) is 17.9 Å². The van der Waals surface area contributed by atoms with Crippen molar-refractivity contribution in [2.45, 2.75) is 24.5 Å². The van der Waals surface area contributed by atoms with E-state index < -0.39 is 0 Å². The van der Waals surface area contributed by atoms with E-state index in [4.69, 9.17) is 10.5 Å². The smallest absolute Gasteiger partial charge is 0.126 e. The number of ether oxygens (including phenoxy) is 1. The topological polar surface area (TPSA) is 59.3 Å². The molecule has 1 aliphatic rings. The van der Waals surface area contributed by atoms with E-state index in [1.54, 1.807) is 19.2 Å². The molecule has 1 aromatic rings. The Hall–Kier alpha value is -1.01. The van der Waals surface area contributed by atoms with Crippen LogP contribution in [0.15, 0.2) is 24.3 Å². The molecule has 0 aliphatic carbocycles. The molecule has 94 valence electrons. The van der Waals surface area contributed by atoms with Gasteiger partial charge in [0.1, 0.15) is 5.82 Å². The van der Waals surface area contributed by atoms with Crippen molar-refractivity contribution in [2.75, 3.05) is 13.7 Å². The van der Waals surface area contributed by atoms with Crippen molar-refractivity contribution in [1.29, 1.82) is 0 Å². The van der Waals surface area contributed by atoms with Crippen LogP contribution < -0.4 is 16.6 Å². The number of methoxy groups -OCH3 is 1. The maximum atomic E-state index is 13.8. The third kappa shape index (κ3) is 2.63. The third-order valence-electron chi connectivity index (χ3n) is 3.15. The maximum absolute atomic E-state index is 13.8. The normalized spacial score (nSPS) is 28.5. The minimum absolute atomic E-state index is 0.0775. The molecular weight excluding hydrogens is 221 g/mol. The van der Waals surface area contributed by atoms with Crippen LogP contribution in [-0.2, 0) is 4.74 Å². The molecule has 0 amide bonds. The Balaban J connectivity index is 2.18. The van der Waals surface area contributed by atoms with E-state index >= 15 is 0 Å². The minimum Gasteiger partial charge on any atom is -0.385 e. The van der Waals surface area contributed by atoms with Crippen LogP contribution in [0, 0.1) is 5.82 Å². The van der Waals surface area contributed by atoms with Gasteiger partial charge in [-0.2, -0.15) is 0 Å². The number of hydrazine groups is 1. The summed E-state index contributed by atoms with van der Waals surface area (Å²) in [5.41, 5.74) is 12.7. The van der Waals surface area contributed by atoms with Crippen molar-refractivity contribution in [2.24, 2.45) is 5.73 Å². The van der Waals surface area contributed by atoms with Gasteiger partial charge >= 0.3 is 0 Å². The van der Waals surface area contributed by atoms with Gasteiger partial charge in [-0.1, -0.05) is 18.2 Å². The van der Waals surface area contributed by atoms with E-state index in [0.717, 1.165) is 6.42 Å². The van der Waals surface area contributed by atoms with Gasteiger partial charge in [0.05, 0.1) is 6.17 Å². The maximum Gasteiger partial charge on any atom is 0.126 e. The summed E-state index contributed by atoms with van der Waals surface area (Å²) < 4.78 is 18.8. The zero-order chi connectivity index (χ0) is 12.3. The van der Waals surface area contributed by atoms with Crippen LogP contribution in [0.3, 0.4) is 0 Å². The van der Waals surface area contributed by atoms with E-state index in [1.165, 1.54) is 6.07 Å². The third-order valence-corrected chi connectivity index (χ3v) is 3.15. The van der Waals surface area contributed by atoms with Crippen molar-refractivity contribution < 1.29 is 9.13 Å². The second-order valence-corrected chi connectivity index (χ2v) is 4.25. The molecule has 0 aromatic heterocycles. The molecule has 17 heavy (non-hydrogen) atoms. The van der Waals surface area contributed by atoms with Crippen LogP contribution in [0.4, 0.5) is 4.39 Å². The van der Waals surface area contributed by atoms with Crippen LogP contribution in [0.25, 0.3) is 0 Å². The molecule has 5 heteroatoms. The molecular formula is C12H18FN3O. The lowest BCUT2D eigenvalue weighted by atomic mass is 9.89. The zero-order valence-corrected chi connectivity index (χ0v) is 9.82. The van der Waals surface area contributed by atoms with Gasteiger partial charge in [0.2, 0.25) is 0 Å². The van der Waals surface area contributed by atoms with Crippen LogP contribution in [-0.4, -0.2) is 25.9 Å². The number of nitrogens with two attached hydrogens (primary N) is 1. The van der Waals surface area contributed by atoms with Gasteiger partial charge in [-0.15, -0.1) is 0 Å². The van der Waals surface area contributed by atoms with E-state index in [2.05, 4.69) is 10.9 Å². The number of halogens is 1. The Morgan fingerprint density at radius 2 is 2.12 bits per heavy atom. The van der Waals surface area contributed by atoms with Gasteiger partial charge < -0.3 is 10.5 Å². The lowest BCUT2D eigenvalue weighted by Gasteiger charge is -2.21. The fourth-order valence-corrected chi connectivity index (χ4v) is 2.29. The first kappa shape index (κ1) is 12.4. The fourth-order valence-electron chi connectivity index (χ4n) is 2.29. The molecule has 0 radical (unpaired) electrons. The lowest BCUT2D eigenvalue weighted by molar-refractivity contribution is 0.182. The van der Waals surface area contributed by atoms with Gasteiger partial charge in [-0.3, -0.25) is 5.43 Å². The largest absolute Gasteiger partial charge is 0.385 e. The first-order chi connectivity index (χ1) is 8.24. The molecule has 3 unspecified atom stereocenters. The highest BCUT2D eigenvalue weighted by Crippen LogP contribution is 2.28. The first-order valence-corrected chi connectivity index (χ1v) is 5.74. The monoisotopic (exact) mass is 239 g/mol. The van der Waals surface area contributed by atoms with Gasteiger partial charge in [0.25, 0.3) is 0 Å². The quantitative estimate of drug-likeness (QED) is 0.724. The second-order valence-electron chi connectivity index (χ2n) is 4.25. The summed E-state index contributed by atoms with van der Waals surface area (Å²) in [5.74, 6) is -0.285. The van der Waals surface area contributed by atoms with Crippen molar-refractivity contribution in [1.82, 2.24) is 10.9 Å². The SMILES string of the molecule is COCCC1NNC(N)C1c1ccccc1F. The molecule has 4 nitrogen and oxygen atoms in total. The number of nitrogens with one attached hydrogen (secondary N) is 2. The van der Waals surface area contributed by atoms with E-state index in [9.17, 15) is 4.39 Å². The average Bonchev–Trinajstić information content (AvgIpc) is 2.69. The highest BCUT2D eigenvalue weighted by molar-refractivity contribution is 5.26. The molecule has 4 N–H and O–H groups in total. The fraction of sp³-hybridized carbons (Fsp3) is 0.500. The Morgan fingerprint density at radius 1 is 1.35 bits per heavy atom. The summed E-state index contributed by atoms with van der Waals surface area (Å²) in [6.07, 6.45) is 0.504. The summed E-state index contributed by atoms with van der Waals surface area (Å²) in [7, 11) is 1.65. The van der Waals surface area contributed by atoms with E-state index in [0.29, 0.717) is 12.2 Å². The standard InChI is InChI=1S/C12H18FN3O/c1-17-7-6-10-11(12(14)16-15-10)8-4-2-3-5-9(8)13/h2-5,10-12,15-16H,6-7,14H2,1H3. The van der Waals surface area contributed by atoms with Crippen LogP contribution in [0.2, 0.25) is 0 Å². The Bertz CT molecular complexity index is 375. The molecule has 2 rings (SSSR count). The van der Waals surface area contributed by atoms with Gasteiger partial charge in [-0.05, 0) is 18.1 Å². The molecule has 0 spiro atoms. The summed E-state index contributed by atoms with van der Waals surface area (Å²) in [6, 6.07) is 6.85. The molecule has 1 saturated heterocycles. The predicted octanol–water partition coefficient (Wildman–Crippen LogP) is 0.707. The summed E-state index contributed by atoms with van der Waals surface area (Å²) in [4.78, 5) is 0. The summed E-state index contributed by atoms with van der Waals surface area (Å²) in [6.45, 7) is 0.622. The van der Waals surface area contributed by atoms with Gasteiger partial charge in [-0.25, -0.2) is 9.82 Å². The predicted molar refractivity (Wildman–Crippen MR) is 63.7 cm³/mol. The van der Waals surface area contributed by atoms with Crippen molar-refractivity contribution in [3.05, 3.63) is 35.6 Å². The molecule has 1 aromatic carbocycles. The molecule has 0 saturated carbocycles. The Morgan fingerprint density at radius 3 is 2.82 bits per heavy atom. The molecule has 1 aliphatic heterocycles. The summed E-state index contributed by atoms with van der Waals surface area (Å²) >= 11 is 0. The van der Waals surface area contributed by atoms with Crippen molar-refractivity contribution in [3.63, 3.8) is 0 Å². The number of hydrogen-bond donors (Lipinski definition) is 3. The second kappa shape index (κ2) is 5.55. The first-order valence-electron chi connectivity index (χ1n) is 5.74. The van der Waals surface area contributed by atoms with Gasteiger partial charge in [0.15, 0.2) is 0 Å². The molecule has 3 atom stereocenters. The number of benzene rings is 1. The van der Waals surface area contributed by atoms with E-state index in [1.807, 2.05) is 6.07 Å². The molecule has 1 heterocycles. The number of rotatable bonds is 4. The highest BCUT2D eigenvalue weighted by atomic mass is 19.1. The highest BCUT2D eigenvalue weighted by Gasteiger charge is 2.35. The summed E-state index contributed by atoms with van der Waals surface area (Å²) in [5, 5.41) is 0. The average molecular weight is 239 g/mol. The zero-order valence-electron chi connectivity index (χ0n) is 9.82. The Kier molecular flexibility index (Phi) is 4.06. The van der Waals surface area contributed by atoms with Crippen molar-refractivity contribution >= 4 is 0 Å². The van der Waals surface area contributed by atoms with Crippen LogP contribution >= 0.6 is 0 Å². The van der Waals surface area contributed by atoms with Crippen LogP contribution in [0.5, 0.6) is 0 Å². The van der Waals surface area contributed by atoms with E-state index in [-0.39, 0.29) is 23.9 Å². The van der Waals surface area contributed by atoms with Crippen molar-refractivity contribution in [3.8, 4) is 0 Å².